The Balaban J connectivity index is 2.90. The lowest BCUT2D eigenvalue weighted by molar-refractivity contribution is -0.129. The van der Waals surface area contributed by atoms with Gasteiger partial charge in [0.15, 0.2) is 0 Å². The zero-order valence-electron chi connectivity index (χ0n) is 11.4. The van der Waals surface area contributed by atoms with Crippen LogP contribution in [-0.4, -0.2) is 53.8 Å². The fourth-order valence-corrected chi connectivity index (χ4v) is 1.74. The maximum absolute atomic E-state index is 12.3. The van der Waals surface area contributed by atoms with Gasteiger partial charge in [0.05, 0.1) is 5.56 Å². The van der Waals surface area contributed by atoms with E-state index in [0.29, 0.717) is 12.1 Å². The van der Waals surface area contributed by atoms with Crippen molar-refractivity contribution in [3.8, 4) is 0 Å². The molecular formula is C13H18ClN3O2. The lowest BCUT2D eigenvalue weighted by atomic mass is 10.2. The first kappa shape index (κ1) is 15.4. The number of hydrogen-bond donors (Lipinski definition) is 0. The molecule has 0 radical (unpaired) electrons. The van der Waals surface area contributed by atoms with E-state index in [9.17, 15) is 9.59 Å². The van der Waals surface area contributed by atoms with Crippen molar-refractivity contribution in [3.63, 3.8) is 0 Å². The van der Waals surface area contributed by atoms with E-state index < -0.39 is 0 Å². The normalized spacial score (nSPS) is 10.1. The molecule has 1 heterocycles. The number of halogens is 1. The van der Waals surface area contributed by atoms with Crippen LogP contribution in [-0.2, 0) is 4.79 Å². The Kier molecular flexibility index (Phi) is 5.76. The Morgan fingerprint density at radius 2 is 2.05 bits per heavy atom. The van der Waals surface area contributed by atoms with Crippen molar-refractivity contribution in [3.05, 3.63) is 29.0 Å². The molecule has 0 atom stereocenters. The summed E-state index contributed by atoms with van der Waals surface area (Å²) in [6.45, 7) is 2.50. The molecule has 0 unspecified atom stereocenters. The number of hydrogen-bond acceptors (Lipinski definition) is 3. The largest absolute Gasteiger partial charge is 0.347 e. The van der Waals surface area contributed by atoms with Crippen LogP contribution in [0, 0.1) is 0 Å². The number of amides is 2. The monoisotopic (exact) mass is 283 g/mol. The van der Waals surface area contributed by atoms with Crippen molar-refractivity contribution >= 4 is 23.4 Å². The third kappa shape index (κ3) is 4.21. The van der Waals surface area contributed by atoms with Gasteiger partial charge in [-0.15, -0.1) is 0 Å². The summed E-state index contributed by atoms with van der Waals surface area (Å²) in [6.07, 6.45) is 2.29. The van der Waals surface area contributed by atoms with Crippen LogP contribution in [0.15, 0.2) is 18.3 Å². The smallest absolute Gasteiger partial charge is 0.257 e. The van der Waals surface area contributed by atoms with E-state index >= 15 is 0 Å². The SMILES string of the molecule is CCCN(CC(=O)N(C)C)C(=O)c1cccnc1Cl. The fourth-order valence-electron chi connectivity index (χ4n) is 1.54. The number of carbonyl (C=O) groups is 2. The first-order chi connectivity index (χ1) is 8.97. The Labute approximate surface area is 118 Å². The second-order valence-electron chi connectivity index (χ2n) is 4.36. The van der Waals surface area contributed by atoms with Crippen LogP contribution >= 0.6 is 11.6 Å². The van der Waals surface area contributed by atoms with Gasteiger partial charge in [-0.2, -0.15) is 0 Å². The zero-order chi connectivity index (χ0) is 14.4. The van der Waals surface area contributed by atoms with Gasteiger partial charge in [0, 0.05) is 26.8 Å². The minimum Gasteiger partial charge on any atom is -0.347 e. The molecule has 0 spiro atoms. The molecule has 0 fully saturated rings. The van der Waals surface area contributed by atoms with Crippen molar-refractivity contribution < 1.29 is 9.59 Å². The van der Waals surface area contributed by atoms with Crippen molar-refractivity contribution in [2.24, 2.45) is 0 Å². The Morgan fingerprint density at radius 1 is 1.37 bits per heavy atom. The molecule has 19 heavy (non-hydrogen) atoms. The number of carbonyl (C=O) groups excluding carboxylic acids is 2. The molecule has 104 valence electrons. The van der Waals surface area contributed by atoms with E-state index in [1.165, 1.54) is 16.0 Å². The summed E-state index contributed by atoms with van der Waals surface area (Å²) in [5.74, 6) is -0.392. The third-order valence-corrected chi connectivity index (χ3v) is 2.90. The first-order valence-electron chi connectivity index (χ1n) is 6.07. The maximum atomic E-state index is 12.3. The standard InChI is InChI=1S/C13H18ClN3O2/c1-4-8-17(9-11(18)16(2)3)13(19)10-6-5-7-15-12(10)14/h5-7H,4,8-9H2,1-3H3. The van der Waals surface area contributed by atoms with Crippen molar-refractivity contribution in [2.75, 3.05) is 27.2 Å². The maximum Gasteiger partial charge on any atom is 0.257 e. The van der Waals surface area contributed by atoms with Crippen LogP contribution in [0.4, 0.5) is 0 Å². The van der Waals surface area contributed by atoms with E-state index in [-0.39, 0.29) is 23.5 Å². The molecule has 5 nitrogen and oxygen atoms in total. The number of rotatable bonds is 5. The highest BCUT2D eigenvalue weighted by Crippen LogP contribution is 2.14. The van der Waals surface area contributed by atoms with Gasteiger partial charge in [-0.05, 0) is 18.6 Å². The van der Waals surface area contributed by atoms with E-state index in [0.717, 1.165) is 6.42 Å². The van der Waals surface area contributed by atoms with E-state index in [1.807, 2.05) is 6.92 Å². The Bertz CT molecular complexity index is 463. The molecule has 2 amide bonds. The van der Waals surface area contributed by atoms with E-state index in [1.54, 1.807) is 26.2 Å². The van der Waals surface area contributed by atoms with Crippen molar-refractivity contribution in [1.82, 2.24) is 14.8 Å². The Hall–Kier alpha value is -1.62. The fraction of sp³-hybridized carbons (Fsp3) is 0.462. The molecular weight excluding hydrogens is 266 g/mol. The second-order valence-corrected chi connectivity index (χ2v) is 4.71. The highest BCUT2D eigenvalue weighted by Gasteiger charge is 2.21. The van der Waals surface area contributed by atoms with Gasteiger partial charge in [-0.3, -0.25) is 9.59 Å². The zero-order valence-corrected chi connectivity index (χ0v) is 12.1. The van der Waals surface area contributed by atoms with Crippen LogP contribution in [0.3, 0.4) is 0 Å². The summed E-state index contributed by atoms with van der Waals surface area (Å²) in [5.41, 5.74) is 0.323. The van der Waals surface area contributed by atoms with Gasteiger partial charge in [-0.1, -0.05) is 18.5 Å². The average molecular weight is 284 g/mol. The molecule has 0 aliphatic rings. The quantitative estimate of drug-likeness (QED) is 0.773. The van der Waals surface area contributed by atoms with Gasteiger partial charge < -0.3 is 9.80 Å². The van der Waals surface area contributed by atoms with Gasteiger partial charge in [0.1, 0.15) is 11.7 Å². The van der Waals surface area contributed by atoms with E-state index in [2.05, 4.69) is 4.98 Å². The molecule has 0 aromatic carbocycles. The number of nitrogens with zero attached hydrogens (tertiary/aromatic N) is 3. The summed E-state index contributed by atoms with van der Waals surface area (Å²) in [7, 11) is 3.32. The van der Waals surface area contributed by atoms with Crippen LogP contribution in [0.5, 0.6) is 0 Å². The lowest BCUT2D eigenvalue weighted by Gasteiger charge is -2.23. The lowest BCUT2D eigenvalue weighted by Crippen LogP contribution is -2.40. The topological polar surface area (TPSA) is 53.5 Å². The summed E-state index contributed by atoms with van der Waals surface area (Å²) in [5, 5.41) is 0.158. The third-order valence-electron chi connectivity index (χ3n) is 2.60. The highest BCUT2D eigenvalue weighted by molar-refractivity contribution is 6.32. The molecule has 0 saturated heterocycles. The molecule has 1 rings (SSSR count). The molecule has 0 aliphatic carbocycles. The van der Waals surface area contributed by atoms with Crippen LogP contribution in [0.2, 0.25) is 5.15 Å². The first-order valence-corrected chi connectivity index (χ1v) is 6.45. The minimum atomic E-state index is -0.268. The summed E-state index contributed by atoms with van der Waals surface area (Å²) >= 11 is 5.91. The number of pyridine rings is 1. The molecule has 0 N–H and O–H groups in total. The number of aromatic nitrogens is 1. The molecule has 0 bridgehead atoms. The van der Waals surface area contributed by atoms with Gasteiger partial charge in [0.25, 0.3) is 5.91 Å². The molecule has 1 aromatic rings. The predicted molar refractivity (Wildman–Crippen MR) is 74.1 cm³/mol. The van der Waals surface area contributed by atoms with Gasteiger partial charge in [0.2, 0.25) is 5.91 Å². The molecule has 0 saturated carbocycles. The van der Waals surface area contributed by atoms with Gasteiger partial charge >= 0.3 is 0 Å². The van der Waals surface area contributed by atoms with Crippen LogP contribution in [0.25, 0.3) is 0 Å². The van der Waals surface area contributed by atoms with Crippen molar-refractivity contribution in [2.45, 2.75) is 13.3 Å². The van der Waals surface area contributed by atoms with Crippen LogP contribution in [0.1, 0.15) is 23.7 Å². The van der Waals surface area contributed by atoms with Crippen LogP contribution < -0.4 is 0 Å². The summed E-state index contributed by atoms with van der Waals surface area (Å²) in [6, 6.07) is 3.26. The average Bonchev–Trinajstić information content (AvgIpc) is 2.37. The second kappa shape index (κ2) is 7.09. The molecule has 1 aromatic heterocycles. The summed E-state index contributed by atoms with van der Waals surface area (Å²) in [4.78, 5) is 30.9. The summed E-state index contributed by atoms with van der Waals surface area (Å²) < 4.78 is 0. The minimum absolute atomic E-state index is 0.0465. The molecule has 6 heteroatoms. The predicted octanol–water partition coefficient (Wildman–Crippen LogP) is 1.68. The number of likely N-dealkylation sites (N-methyl/N-ethyl adjacent to an activating group) is 1. The van der Waals surface area contributed by atoms with E-state index in [4.69, 9.17) is 11.6 Å². The Morgan fingerprint density at radius 3 is 2.58 bits per heavy atom. The molecule has 0 aliphatic heterocycles. The van der Waals surface area contributed by atoms with Gasteiger partial charge in [-0.25, -0.2) is 4.98 Å². The highest BCUT2D eigenvalue weighted by atomic mass is 35.5. The van der Waals surface area contributed by atoms with Crippen molar-refractivity contribution in [1.29, 1.82) is 0 Å².